The van der Waals surface area contributed by atoms with Gasteiger partial charge >= 0.3 is 6.18 Å². The molecule has 0 saturated carbocycles. The quantitative estimate of drug-likeness (QED) is 0.645. The number of hydrazone groups is 1. The molecule has 0 heterocycles. The van der Waals surface area contributed by atoms with Gasteiger partial charge in [0.25, 0.3) is 5.91 Å². The molecule has 0 radical (unpaired) electrons. The van der Waals surface area contributed by atoms with Crippen LogP contribution in [0.1, 0.15) is 16.7 Å². The lowest BCUT2D eigenvalue weighted by Gasteiger charge is -2.10. The summed E-state index contributed by atoms with van der Waals surface area (Å²) in [5.41, 5.74) is 2.83. The van der Waals surface area contributed by atoms with Crippen molar-refractivity contribution in [3.63, 3.8) is 0 Å². The number of carbonyl (C=O) groups is 1. The molecule has 0 saturated heterocycles. The van der Waals surface area contributed by atoms with Gasteiger partial charge in [0, 0.05) is 5.69 Å². The fraction of sp³-hybridized carbons (Fsp3) is 0.118. The molecule has 0 aliphatic carbocycles. The molecule has 8 heteroatoms. The number of nitrogens with one attached hydrogen (secondary N) is 2. The molecule has 2 rings (SSSR count). The number of rotatable bonds is 5. The van der Waals surface area contributed by atoms with Gasteiger partial charge in [-0.15, -0.1) is 0 Å². The Morgan fingerprint density at radius 3 is 2.56 bits per heavy atom. The van der Waals surface area contributed by atoms with E-state index in [4.69, 9.17) is 5.26 Å². The van der Waals surface area contributed by atoms with Crippen molar-refractivity contribution in [3.8, 4) is 6.07 Å². The highest BCUT2D eigenvalue weighted by molar-refractivity contribution is 5.84. The van der Waals surface area contributed by atoms with Crippen LogP contribution in [-0.2, 0) is 11.0 Å². The van der Waals surface area contributed by atoms with Gasteiger partial charge in [0.05, 0.1) is 30.0 Å². The first kappa shape index (κ1) is 18.0. The molecule has 0 fully saturated rings. The first-order chi connectivity index (χ1) is 11.9. The van der Waals surface area contributed by atoms with Crippen molar-refractivity contribution >= 4 is 17.8 Å². The maximum atomic E-state index is 12.6. The summed E-state index contributed by atoms with van der Waals surface area (Å²) >= 11 is 0. The normalized spacial score (nSPS) is 11.1. The molecule has 128 valence electrons. The van der Waals surface area contributed by atoms with Crippen LogP contribution in [0.3, 0.4) is 0 Å². The van der Waals surface area contributed by atoms with E-state index >= 15 is 0 Å². The van der Waals surface area contributed by atoms with Crippen LogP contribution in [0, 0.1) is 11.3 Å². The van der Waals surface area contributed by atoms with E-state index in [-0.39, 0.29) is 12.2 Å². The molecule has 2 N–H and O–H groups in total. The molecule has 2 aromatic rings. The molecule has 5 nitrogen and oxygen atoms in total. The molecule has 2 aromatic carbocycles. The van der Waals surface area contributed by atoms with Crippen LogP contribution in [0.15, 0.2) is 53.6 Å². The zero-order valence-corrected chi connectivity index (χ0v) is 12.8. The summed E-state index contributed by atoms with van der Waals surface area (Å²) in [6, 6.07) is 13.1. The van der Waals surface area contributed by atoms with Crippen LogP contribution in [0.2, 0.25) is 0 Å². The molecule has 0 bridgehead atoms. The van der Waals surface area contributed by atoms with Gasteiger partial charge in [0.15, 0.2) is 0 Å². The van der Waals surface area contributed by atoms with Crippen LogP contribution in [0.4, 0.5) is 18.9 Å². The summed E-state index contributed by atoms with van der Waals surface area (Å²) in [5.74, 6) is -0.512. The second-order valence-corrected chi connectivity index (χ2v) is 4.96. The zero-order chi connectivity index (χ0) is 18.3. The predicted molar refractivity (Wildman–Crippen MR) is 86.8 cm³/mol. The number of hydrogen-bond donors (Lipinski definition) is 2. The molecule has 1 amide bonds. The summed E-state index contributed by atoms with van der Waals surface area (Å²) in [5, 5.41) is 15.0. The third-order valence-corrected chi connectivity index (χ3v) is 3.09. The first-order valence-corrected chi connectivity index (χ1v) is 7.11. The number of benzene rings is 2. The Balaban J connectivity index is 1.84. The lowest BCUT2D eigenvalue weighted by Crippen LogP contribution is -2.26. The van der Waals surface area contributed by atoms with Gasteiger partial charge in [-0.25, -0.2) is 5.43 Å². The molecule has 0 aliphatic heterocycles. The highest BCUT2D eigenvalue weighted by Crippen LogP contribution is 2.30. The minimum absolute atomic E-state index is 0.182. The minimum Gasteiger partial charge on any atom is -0.376 e. The number of hydrogen-bond acceptors (Lipinski definition) is 4. The number of anilines is 1. The Kier molecular flexibility index (Phi) is 5.74. The first-order valence-electron chi connectivity index (χ1n) is 7.11. The standard InChI is InChI=1S/C17H13F3N4O/c18-17(19,20)14-2-1-3-15(8-14)22-11-16(25)24-23-10-13-6-4-12(9-21)5-7-13/h1-8,10,22H,11H2,(H,24,25)/b23-10-. The van der Waals surface area contributed by atoms with E-state index in [1.165, 1.54) is 18.3 Å². The van der Waals surface area contributed by atoms with Crippen molar-refractivity contribution in [2.24, 2.45) is 5.10 Å². The number of nitriles is 1. The van der Waals surface area contributed by atoms with Crippen molar-refractivity contribution in [1.29, 1.82) is 5.26 Å². The second kappa shape index (κ2) is 7.97. The average Bonchev–Trinajstić information content (AvgIpc) is 2.60. The molecule has 0 unspecified atom stereocenters. The van der Waals surface area contributed by atoms with Crippen molar-refractivity contribution in [1.82, 2.24) is 5.43 Å². The number of carbonyl (C=O) groups excluding carboxylic acids is 1. The largest absolute Gasteiger partial charge is 0.416 e. The van der Waals surface area contributed by atoms with Crippen LogP contribution >= 0.6 is 0 Å². The molecule has 25 heavy (non-hydrogen) atoms. The number of halogens is 3. The Hall–Kier alpha value is -3.34. The van der Waals surface area contributed by atoms with Crippen LogP contribution < -0.4 is 10.7 Å². The molecule has 0 spiro atoms. The highest BCUT2D eigenvalue weighted by atomic mass is 19.4. The maximum absolute atomic E-state index is 12.6. The van der Waals surface area contributed by atoms with Crippen LogP contribution in [-0.4, -0.2) is 18.7 Å². The monoisotopic (exact) mass is 346 g/mol. The van der Waals surface area contributed by atoms with Crippen molar-refractivity contribution in [2.75, 3.05) is 11.9 Å². The van der Waals surface area contributed by atoms with E-state index in [1.807, 2.05) is 6.07 Å². The van der Waals surface area contributed by atoms with E-state index in [0.29, 0.717) is 11.1 Å². The molecule has 0 aromatic heterocycles. The Morgan fingerprint density at radius 1 is 1.20 bits per heavy atom. The van der Waals surface area contributed by atoms with Crippen molar-refractivity contribution < 1.29 is 18.0 Å². The van der Waals surface area contributed by atoms with E-state index in [2.05, 4.69) is 15.8 Å². The Labute approximate surface area is 141 Å². The van der Waals surface area contributed by atoms with Crippen LogP contribution in [0.25, 0.3) is 0 Å². The summed E-state index contributed by atoms with van der Waals surface area (Å²) in [6.07, 6.45) is -3.05. The third-order valence-electron chi connectivity index (χ3n) is 3.09. The molecule has 0 aliphatic rings. The summed E-state index contributed by atoms with van der Waals surface area (Å²) < 4.78 is 37.8. The molecular formula is C17H13F3N4O. The fourth-order valence-electron chi connectivity index (χ4n) is 1.85. The highest BCUT2D eigenvalue weighted by Gasteiger charge is 2.30. The number of amides is 1. The zero-order valence-electron chi connectivity index (χ0n) is 12.8. The van der Waals surface area contributed by atoms with Gasteiger partial charge < -0.3 is 5.32 Å². The van der Waals surface area contributed by atoms with Crippen LogP contribution in [0.5, 0.6) is 0 Å². The van der Waals surface area contributed by atoms with Gasteiger partial charge in [-0.1, -0.05) is 18.2 Å². The van der Waals surface area contributed by atoms with E-state index in [0.717, 1.165) is 12.1 Å². The van der Waals surface area contributed by atoms with Crippen molar-refractivity contribution in [2.45, 2.75) is 6.18 Å². The number of nitrogens with zero attached hydrogens (tertiary/aromatic N) is 2. The van der Waals surface area contributed by atoms with Gasteiger partial charge in [-0.05, 0) is 35.9 Å². The second-order valence-electron chi connectivity index (χ2n) is 4.96. The predicted octanol–water partition coefficient (Wildman–Crippen LogP) is 3.14. The third kappa shape index (κ3) is 5.66. The van der Waals surface area contributed by atoms with Gasteiger partial charge in [0.2, 0.25) is 0 Å². The maximum Gasteiger partial charge on any atom is 0.416 e. The molecule has 0 atom stereocenters. The van der Waals surface area contributed by atoms with E-state index < -0.39 is 17.6 Å². The van der Waals surface area contributed by atoms with Gasteiger partial charge in [-0.2, -0.15) is 23.5 Å². The Morgan fingerprint density at radius 2 is 1.92 bits per heavy atom. The summed E-state index contributed by atoms with van der Waals surface area (Å²) in [7, 11) is 0. The van der Waals surface area contributed by atoms with Gasteiger partial charge in [0.1, 0.15) is 0 Å². The SMILES string of the molecule is N#Cc1ccc(/C=N\NC(=O)CNc2cccc(C(F)(F)F)c2)cc1. The topological polar surface area (TPSA) is 77.3 Å². The lowest BCUT2D eigenvalue weighted by atomic mass is 10.2. The van der Waals surface area contributed by atoms with Gasteiger partial charge in [-0.3, -0.25) is 4.79 Å². The fourth-order valence-corrected chi connectivity index (χ4v) is 1.85. The minimum atomic E-state index is -4.44. The lowest BCUT2D eigenvalue weighted by molar-refractivity contribution is -0.137. The smallest absolute Gasteiger partial charge is 0.376 e. The average molecular weight is 346 g/mol. The van der Waals surface area contributed by atoms with E-state index in [9.17, 15) is 18.0 Å². The summed E-state index contributed by atoms with van der Waals surface area (Å²) in [6.45, 7) is -0.230. The van der Waals surface area contributed by atoms with Crippen molar-refractivity contribution in [3.05, 3.63) is 65.2 Å². The molecular weight excluding hydrogens is 333 g/mol. The van der Waals surface area contributed by atoms with E-state index in [1.54, 1.807) is 24.3 Å². The number of alkyl halides is 3. The summed E-state index contributed by atoms with van der Waals surface area (Å²) in [4.78, 5) is 11.6. The Bertz CT molecular complexity index is 808.